The summed E-state index contributed by atoms with van der Waals surface area (Å²) in [6.45, 7) is 0.830. The number of nitrogens with one attached hydrogen (secondary N) is 1. The van der Waals surface area contributed by atoms with Crippen molar-refractivity contribution in [3.05, 3.63) is 54.6 Å². The van der Waals surface area contributed by atoms with E-state index in [1.807, 2.05) is 36.0 Å². The van der Waals surface area contributed by atoms with Crippen LogP contribution in [0.3, 0.4) is 0 Å². The van der Waals surface area contributed by atoms with Crippen LogP contribution in [0.4, 0.5) is 0 Å². The Bertz CT molecular complexity index is 925. The third-order valence-electron chi connectivity index (χ3n) is 6.35. The number of carbonyl (C=O) groups excluding carboxylic acids is 1. The summed E-state index contributed by atoms with van der Waals surface area (Å²) >= 11 is 2.00. The highest BCUT2D eigenvalue weighted by Crippen LogP contribution is 2.39. The highest BCUT2D eigenvalue weighted by molar-refractivity contribution is 7.99. The number of benzene rings is 1. The number of imidazole rings is 1. The molecule has 0 saturated carbocycles. The normalized spacial score (nSPS) is 22.0. The van der Waals surface area contributed by atoms with Gasteiger partial charge in [-0.3, -0.25) is 4.79 Å². The van der Waals surface area contributed by atoms with Crippen molar-refractivity contribution in [1.82, 2.24) is 19.4 Å². The Labute approximate surface area is 169 Å². The summed E-state index contributed by atoms with van der Waals surface area (Å²) in [6.07, 6.45) is 8.98. The standard InChI is InChI=1S/C22H26N4OS/c27-20(16-22(9-14-28-15-10-22)25-11-3-4-12-25)26-13-5-8-19(26)21-23-17-6-1-2-7-18(17)24-21/h1-4,6-7,11-12,19H,5,8-10,13-16H2,(H,23,24). The Hall–Kier alpha value is -2.21. The predicted molar refractivity (Wildman–Crippen MR) is 113 cm³/mol. The zero-order valence-electron chi connectivity index (χ0n) is 16.0. The van der Waals surface area contributed by atoms with Gasteiger partial charge in [-0.1, -0.05) is 12.1 Å². The zero-order chi connectivity index (χ0) is 19.0. The number of nitrogens with zero attached hydrogens (tertiary/aromatic N) is 3. The van der Waals surface area contributed by atoms with Gasteiger partial charge in [0.25, 0.3) is 0 Å². The summed E-state index contributed by atoms with van der Waals surface area (Å²) in [4.78, 5) is 23.8. The van der Waals surface area contributed by atoms with E-state index in [0.717, 1.165) is 60.6 Å². The number of hydrogen-bond acceptors (Lipinski definition) is 3. The molecule has 1 unspecified atom stereocenters. The van der Waals surface area contributed by atoms with Crippen molar-refractivity contribution in [2.45, 2.75) is 43.7 Å². The predicted octanol–water partition coefficient (Wildman–Crippen LogP) is 4.34. The molecule has 2 saturated heterocycles. The lowest BCUT2D eigenvalue weighted by atomic mass is 9.87. The SMILES string of the molecule is O=C(CC1(n2cccc2)CCSCC1)N1CCCC1c1nc2ccccc2[nH]1. The average molecular weight is 395 g/mol. The molecule has 5 rings (SSSR count). The molecule has 3 aromatic rings. The minimum absolute atomic E-state index is 0.0691. The van der Waals surface area contributed by atoms with Crippen LogP contribution in [0.1, 0.15) is 44.0 Å². The molecule has 2 aromatic heterocycles. The van der Waals surface area contributed by atoms with Gasteiger partial charge in [-0.25, -0.2) is 4.98 Å². The molecular formula is C22H26N4OS. The summed E-state index contributed by atoms with van der Waals surface area (Å²) in [7, 11) is 0. The van der Waals surface area contributed by atoms with Gasteiger partial charge in [0.2, 0.25) is 5.91 Å². The number of aromatic nitrogens is 3. The molecule has 5 nitrogen and oxygen atoms in total. The average Bonchev–Trinajstić information content (AvgIpc) is 3.48. The second kappa shape index (κ2) is 7.32. The number of para-hydroxylation sites is 2. The maximum absolute atomic E-state index is 13.5. The molecular weight excluding hydrogens is 368 g/mol. The zero-order valence-corrected chi connectivity index (χ0v) is 16.8. The molecule has 6 heteroatoms. The lowest BCUT2D eigenvalue weighted by molar-refractivity contribution is -0.134. The number of rotatable bonds is 4. The van der Waals surface area contributed by atoms with Crippen LogP contribution in [-0.4, -0.2) is 43.4 Å². The van der Waals surface area contributed by atoms with E-state index in [2.05, 4.69) is 39.0 Å². The van der Waals surface area contributed by atoms with Gasteiger partial charge in [-0.2, -0.15) is 11.8 Å². The molecule has 1 amide bonds. The van der Waals surface area contributed by atoms with E-state index in [1.54, 1.807) is 0 Å². The smallest absolute Gasteiger partial charge is 0.225 e. The Kier molecular flexibility index (Phi) is 4.67. The Morgan fingerprint density at radius 2 is 1.96 bits per heavy atom. The first-order chi connectivity index (χ1) is 13.8. The number of amides is 1. The van der Waals surface area contributed by atoms with E-state index >= 15 is 0 Å². The molecule has 28 heavy (non-hydrogen) atoms. The van der Waals surface area contributed by atoms with Gasteiger partial charge in [0.1, 0.15) is 5.82 Å². The summed E-state index contributed by atoms with van der Waals surface area (Å²) in [6, 6.07) is 12.3. The van der Waals surface area contributed by atoms with Crippen molar-refractivity contribution < 1.29 is 4.79 Å². The number of likely N-dealkylation sites (tertiary alicyclic amines) is 1. The maximum Gasteiger partial charge on any atom is 0.225 e. The molecule has 1 aromatic carbocycles. The van der Waals surface area contributed by atoms with Crippen molar-refractivity contribution in [3.63, 3.8) is 0 Å². The molecule has 146 valence electrons. The van der Waals surface area contributed by atoms with Gasteiger partial charge in [0.05, 0.1) is 29.0 Å². The van der Waals surface area contributed by atoms with Crippen molar-refractivity contribution in [3.8, 4) is 0 Å². The lowest BCUT2D eigenvalue weighted by Crippen LogP contribution is -2.43. The Morgan fingerprint density at radius 3 is 2.75 bits per heavy atom. The molecule has 0 radical (unpaired) electrons. The van der Waals surface area contributed by atoms with Crippen molar-refractivity contribution in [2.75, 3.05) is 18.1 Å². The van der Waals surface area contributed by atoms with Crippen LogP contribution in [0.5, 0.6) is 0 Å². The van der Waals surface area contributed by atoms with E-state index in [9.17, 15) is 4.79 Å². The van der Waals surface area contributed by atoms with Crippen molar-refractivity contribution in [1.29, 1.82) is 0 Å². The third kappa shape index (κ3) is 3.13. The van der Waals surface area contributed by atoms with Gasteiger partial charge in [-0.05, 0) is 61.5 Å². The molecule has 0 bridgehead atoms. The summed E-state index contributed by atoms with van der Waals surface area (Å²) in [5.41, 5.74) is 1.95. The quantitative estimate of drug-likeness (QED) is 0.716. The number of fused-ring (bicyclic) bond motifs is 1. The monoisotopic (exact) mass is 394 g/mol. The summed E-state index contributed by atoms with van der Waals surface area (Å²) < 4.78 is 2.29. The summed E-state index contributed by atoms with van der Waals surface area (Å²) in [5.74, 6) is 3.45. The first-order valence-corrected chi connectivity index (χ1v) is 11.4. The van der Waals surface area contributed by atoms with Gasteiger partial charge in [0.15, 0.2) is 0 Å². The molecule has 2 aliphatic heterocycles. The van der Waals surface area contributed by atoms with Gasteiger partial charge in [-0.15, -0.1) is 0 Å². The highest BCUT2D eigenvalue weighted by Gasteiger charge is 2.40. The molecule has 4 heterocycles. The number of H-pyrrole nitrogens is 1. The van der Waals surface area contributed by atoms with Crippen LogP contribution in [0.2, 0.25) is 0 Å². The van der Waals surface area contributed by atoms with E-state index in [4.69, 9.17) is 4.98 Å². The van der Waals surface area contributed by atoms with Crippen LogP contribution in [0.25, 0.3) is 11.0 Å². The van der Waals surface area contributed by atoms with Crippen molar-refractivity contribution in [2.24, 2.45) is 0 Å². The Balaban J connectivity index is 1.40. The Morgan fingerprint density at radius 1 is 1.18 bits per heavy atom. The fraction of sp³-hybridized carbons (Fsp3) is 0.455. The van der Waals surface area contributed by atoms with E-state index in [1.165, 1.54) is 0 Å². The fourth-order valence-electron chi connectivity index (χ4n) is 4.79. The highest BCUT2D eigenvalue weighted by atomic mass is 32.2. The third-order valence-corrected chi connectivity index (χ3v) is 7.34. The number of thioether (sulfide) groups is 1. The molecule has 2 aliphatic rings. The number of aromatic amines is 1. The van der Waals surface area contributed by atoms with Gasteiger partial charge in [0, 0.05) is 18.9 Å². The summed E-state index contributed by atoms with van der Waals surface area (Å²) in [5, 5.41) is 0. The van der Waals surface area contributed by atoms with E-state index in [-0.39, 0.29) is 17.5 Å². The molecule has 0 aliphatic carbocycles. The minimum atomic E-state index is -0.0765. The maximum atomic E-state index is 13.5. The number of hydrogen-bond donors (Lipinski definition) is 1. The van der Waals surface area contributed by atoms with Crippen molar-refractivity contribution >= 4 is 28.7 Å². The molecule has 0 spiro atoms. The largest absolute Gasteiger partial charge is 0.348 e. The van der Waals surface area contributed by atoms with Crippen LogP contribution in [0.15, 0.2) is 48.8 Å². The van der Waals surface area contributed by atoms with Crippen LogP contribution >= 0.6 is 11.8 Å². The minimum Gasteiger partial charge on any atom is -0.348 e. The van der Waals surface area contributed by atoms with Gasteiger partial charge < -0.3 is 14.5 Å². The van der Waals surface area contributed by atoms with Crippen LogP contribution in [-0.2, 0) is 10.3 Å². The van der Waals surface area contributed by atoms with Crippen LogP contribution in [0, 0.1) is 0 Å². The lowest BCUT2D eigenvalue weighted by Gasteiger charge is -2.39. The fourth-order valence-corrected chi connectivity index (χ4v) is 6.04. The second-order valence-electron chi connectivity index (χ2n) is 7.99. The van der Waals surface area contributed by atoms with Crippen LogP contribution < -0.4 is 0 Å². The number of carbonyl (C=O) groups is 1. The second-order valence-corrected chi connectivity index (χ2v) is 9.21. The first kappa shape index (κ1) is 17.9. The van der Waals surface area contributed by atoms with E-state index < -0.39 is 0 Å². The molecule has 2 fully saturated rings. The molecule has 1 N–H and O–H groups in total. The van der Waals surface area contributed by atoms with E-state index in [0.29, 0.717) is 6.42 Å². The van der Waals surface area contributed by atoms with Gasteiger partial charge >= 0.3 is 0 Å². The first-order valence-electron chi connectivity index (χ1n) is 10.2. The topological polar surface area (TPSA) is 53.9 Å². The molecule has 1 atom stereocenters.